The van der Waals surface area contributed by atoms with Gasteiger partial charge in [0.15, 0.2) is 0 Å². The van der Waals surface area contributed by atoms with Crippen molar-refractivity contribution in [1.29, 1.82) is 0 Å². The van der Waals surface area contributed by atoms with Crippen LogP contribution in [0.25, 0.3) is 5.57 Å². The molecule has 0 aliphatic heterocycles. The SMILES string of the molecule is C=C1C=CC=C(c2ccc(Cl)cc2)/C1=N/C(=C\C)/C=C/C(=O)O. The van der Waals surface area contributed by atoms with E-state index >= 15 is 0 Å². The minimum Gasteiger partial charge on any atom is -0.478 e. The van der Waals surface area contributed by atoms with Gasteiger partial charge in [-0.1, -0.05) is 54.6 Å². The lowest BCUT2D eigenvalue weighted by Gasteiger charge is -2.15. The topological polar surface area (TPSA) is 49.7 Å². The smallest absolute Gasteiger partial charge is 0.328 e. The second-order valence-corrected chi connectivity index (χ2v) is 5.25. The van der Waals surface area contributed by atoms with Gasteiger partial charge in [0.2, 0.25) is 0 Å². The summed E-state index contributed by atoms with van der Waals surface area (Å²) in [5.41, 5.74) is 3.91. The summed E-state index contributed by atoms with van der Waals surface area (Å²) in [6, 6.07) is 7.46. The highest BCUT2D eigenvalue weighted by molar-refractivity contribution is 6.34. The Hall–Kier alpha value is -2.65. The molecule has 4 heteroatoms. The molecule has 116 valence electrons. The van der Waals surface area contributed by atoms with Crippen molar-refractivity contribution in [3.8, 4) is 0 Å². The van der Waals surface area contributed by atoms with Crippen LogP contribution in [0.5, 0.6) is 0 Å². The molecular formula is C19H16ClNO2. The molecule has 0 heterocycles. The van der Waals surface area contributed by atoms with Gasteiger partial charge < -0.3 is 5.11 Å². The number of rotatable bonds is 4. The first-order valence-corrected chi connectivity index (χ1v) is 7.39. The van der Waals surface area contributed by atoms with Crippen LogP contribution in [0.1, 0.15) is 12.5 Å². The van der Waals surface area contributed by atoms with E-state index in [9.17, 15) is 4.79 Å². The van der Waals surface area contributed by atoms with Crippen LogP contribution >= 0.6 is 11.6 Å². The molecule has 1 aliphatic carbocycles. The van der Waals surface area contributed by atoms with Crippen molar-refractivity contribution in [2.24, 2.45) is 4.99 Å². The molecule has 0 bridgehead atoms. The van der Waals surface area contributed by atoms with Crippen molar-refractivity contribution >= 4 is 28.9 Å². The molecule has 0 fully saturated rings. The van der Waals surface area contributed by atoms with E-state index < -0.39 is 5.97 Å². The first-order valence-electron chi connectivity index (χ1n) is 7.01. The van der Waals surface area contributed by atoms with Gasteiger partial charge in [-0.05, 0) is 36.3 Å². The van der Waals surface area contributed by atoms with Gasteiger partial charge in [0, 0.05) is 16.7 Å². The summed E-state index contributed by atoms with van der Waals surface area (Å²) >= 11 is 5.94. The third kappa shape index (κ3) is 4.41. The molecular weight excluding hydrogens is 310 g/mol. The van der Waals surface area contributed by atoms with Crippen molar-refractivity contribution < 1.29 is 9.90 Å². The predicted octanol–water partition coefficient (Wildman–Crippen LogP) is 4.84. The number of nitrogens with zero attached hydrogens (tertiary/aromatic N) is 1. The van der Waals surface area contributed by atoms with Gasteiger partial charge in [-0.3, -0.25) is 0 Å². The number of carboxylic acid groups (broad SMARTS) is 1. The number of carbonyl (C=O) groups is 1. The molecule has 3 nitrogen and oxygen atoms in total. The molecule has 0 saturated carbocycles. The minimum atomic E-state index is -1.01. The van der Waals surface area contributed by atoms with Crippen LogP contribution in [0, 0.1) is 0 Å². The van der Waals surface area contributed by atoms with E-state index in [1.54, 1.807) is 13.0 Å². The summed E-state index contributed by atoms with van der Waals surface area (Å²) in [5.74, 6) is -1.01. The molecule has 0 amide bonds. The molecule has 0 spiro atoms. The normalized spacial score (nSPS) is 17.0. The molecule has 0 aromatic heterocycles. The molecule has 1 N–H and O–H groups in total. The highest BCUT2D eigenvalue weighted by Gasteiger charge is 2.14. The Morgan fingerprint density at radius 1 is 1.26 bits per heavy atom. The van der Waals surface area contributed by atoms with Crippen LogP contribution in [-0.2, 0) is 4.79 Å². The van der Waals surface area contributed by atoms with Crippen molar-refractivity contribution in [2.45, 2.75) is 6.92 Å². The van der Waals surface area contributed by atoms with Gasteiger partial charge in [0.05, 0.1) is 11.4 Å². The lowest BCUT2D eigenvalue weighted by atomic mass is 9.92. The number of allylic oxidation sites excluding steroid dienone is 7. The molecule has 0 saturated heterocycles. The van der Waals surface area contributed by atoms with Crippen LogP contribution < -0.4 is 0 Å². The van der Waals surface area contributed by atoms with E-state index in [2.05, 4.69) is 11.6 Å². The number of hydrogen-bond donors (Lipinski definition) is 1. The lowest BCUT2D eigenvalue weighted by Crippen LogP contribution is -2.07. The average molecular weight is 326 g/mol. The van der Waals surface area contributed by atoms with E-state index in [1.165, 1.54) is 6.08 Å². The molecule has 2 rings (SSSR count). The van der Waals surface area contributed by atoms with E-state index in [-0.39, 0.29) is 0 Å². The maximum atomic E-state index is 10.7. The first kappa shape index (κ1) is 16.7. The lowest BCUT2D eigenvalue weighted by molar-refractivity contribution is -0.131. The fraction of sp³-hybridized carbons (Fsp3) is 0.0526. The largest absolute Gasteiger partial charge is 0.478 e. The number of benzene rings is 1. The van der Waals surface area contributed by atoms with Crippen molar-refractivity contribution in [3.05, 3.63) is 89.2 Å². The molecule has 23 heavy (non-hydrogen) atoms. The highest BCUT2D eigenvalue weighted by Crippen LogP contribution is 2.26. The zero-order chi connectivity index (χ0) is 16.8. The van der Waals surface area contributed by atoms with E-state index in [1.807, 2.05) is 42.5 Å². The van der Waals surface area contributed by atoms with Crippen LogP contribution in [0.2, 0.25) is 5.02 Å². The van der Waals surface area contributed by atoms with Gasteiger partial charge in [0.1, 0.15) is 0 Å². The Bertz CT molecular complexity index is 778. The van der Waals surface area contributed by atoms with Crippen LogP contribution in [0.15, 0.2) is 83.6 Å². The third-order valence-electron chi connectivity index (χ3n) is 3.21. The Morgan fingerprint density at radius 2 is 1.96 bits per heavy atom. The van der Waals surface area contributed by atoms with Gasteiger partial charge in [-0.25, -0.2) is 9.79 Å². The van der Waals surface area contributed by atoms with Gasteiger partial charge in [-0.15, -0.1) is 0 Å². The molecule has 1 aromatic rings. The molecule has 0 unspecified atom stereocenters. The van der Waals surface area contributed by atoms with Crippen molar-refractivity contribution in [2.75, 3.05) is 0 Å². The maximum absolute atomic E-state index is 10.7. The fourth-order valence-corrected chi connectivity index (χ4v) is 2.20. The maximum Gasteiger partial charge on any atom is 0.328 e. The molecule has 0 atom stereocenters. The number of aliphatic imine (C=N–C) groups is 1. The Labute approximate surface area is 140 Å². The van der Waals surface area contributed by atoms with Crippen LogP contribution in [-0.4, -0.2) is 16.8 Å². The fourth-order valence-electron chi connectivity index (χ4n) is 2.07. The second kappa shape index (κ2) is 7.56. The number of hydrogen-bond acceptors (Lipinski definition) is 2. The second-order valence-electron chi connectivity index (χ2n) is 4.82. The van der Waals surface area contributed by atoms with E-state index in [4.69, 9.17) is 16.7 Å². The summed E-state index contributed by atoms with van der Waals surface area (Å²) in [5, 5.41) is 9.42. The Morgan fingerprint density at radius 3 is 2.57 bits per heavy atom. The summed E-state index contributed by atoms with van der Waals surface area (Å²) in [7, 11) is 0. The van der Waals surface area contributed by atoms with E-state index in [0.717, 1.165) is 22.8 Å². The molecule has 1 aliphatic rings. The number of carboxylic acids is 1. The van der Waals surface area contributed by atoms with E-state index in [0.29, 0.717) is 16.4 Å². The summed E-state index contributed by atoms with van der Waals surface area (Å²) in [6.07, 6.45) is 10.00. The Kier molecular flexibility index (Phi) is 5.50. The van der Waals surface area contributed by atoms with Crippen LogP contribution in [0.4, 0.5) is 0 Å². The minimum absolute atomic E-state index is 0.554. The predicted molar refractivity (Wildman–Crippen MR) is 95.7 cm³/mol. The Balaban J connectivity index is 2.44. The standard InChI is InChI=1S/C19H16ClNO2/c1-3-16(11-12-18(22)23)21-19-13(2)5-4-6-17(19)14-7-9-15(20)10-8-14/h3-12H,2H2,1H3,(H,22,23)/b12-11+,16-3-,21-19+. The molecule has 0 radical (unpaired) electrons. The summed E-state index contributed by atoms with van der Waals surface area (Å²) in [4.78, 5) is 15.2. The number of halogens is 1. The highest BCUT2D eigenvalue weighted by atomic mass is 35.5. The molecule has 1 aromatic carbocycles. The summed E-state index contributed by atoms with van der Waals surface area (Å²) in [6.45, 7) is 5.82. The third-order valence-corrected chi connectivity index (χ3v) is 3.46. The quantitative estimate of drug-likeness (QED) is 0.636. The number of aliphatic carboxylic acids is 1. The van der Waals surface area contributed by atoms with Gasteiger partial charge in [-0.2, -0.15) is 0 Å². The zero-order valence-corrected chi connectivity index (χ0v) is 13.4. The van der Waals surface area contributed by atoms with Crippen molar-refractivity contribution in [3.63, 3.8) is 0 Å². The average Bonchev–Trinajstić information content (AvgIpc) is 2.53. The van der Waals surface area contributed by atoms with Crippen LogP contribution in [0.3, 0.4) is 0 Å². The van der Waals surface area contributed by atoms with Gasteiger partial charge >= 0.3 is 5.97 Å². The van der Waals surface area contributed by atoms with Crippen molar-refractivity contribution in [1.82, 2.24) is 0 Å². The van der Waals surface area contributed by atoms with Gasteiger partial charge in [0.25, 0.3) is 0 Å². The first-order chi connectivity index (χ1) is 11.0. The zero-order valence-electron chi connectivity index (χ0n) is 12.7. The summed E-state index contributed by atoms with van der Waals surface area (Å²) < 4.78 is 0. The monoisotopic (exact) mass is 325 g/mol.